The summed E-state index contributed by atoms with van der Waals surface area (Å²) in [6.45, 7) is 5.18. The second kappa shape index (κ2) is 8.14. The first-order valence-electron chi connectivity index (χ1n) is 9.81. The van der Waals surface area contributed by atoms with Gasteiger partial charge in [-0.1, -0.05) is 0 Å². The van der Waals surface area contributed by atoms with Crippen molar-refractivity contribution in [3.05, 3.63) is 0 Å². The third kappa shape index (κ3) is 4.17. The fourth-order valence-corrected chi connectivity index (χ4v) is 4.25. The Bertz CT molecular complexity index is 623. The summed E-state index contributed by atoms with van der Waals surface area (Å²) >= 11 is 0. The summed E-state index contributed by atoms with van der Waals surface area (Å²) in [6, 6.07) is -0.418. The maximum atomic E-state index is 12.3. The molecule has 3 rings (SSSR count). The second-order valence-corrected chi connectivity index (χ2v) is 7.71. The van der Waals surface area contributed by atoms with Crippen LogP contribution < -0.4 is 16.0 Å². The quantitative estimate of drug-likeness (QED) is 0.361. The van der Waals surface area contributed by atoms with E-state index in [1.807, 2.05) is 4.90 Å². The zero-order chi connectivity index (χ0) is 19.4. The maximum absolute atomic E-state index is 12.3. The minimum atomic E-state index is -0.843. The van der Waals surface area contributed by atoms with Crippen molar-refractivity contribution in [1.29, 1.82) is 0 Å². The Morgan fingerprint density at radius 3 is 2.37 bits per heavy atom. The molecule has 0 bridgehead atoms. The van der Waals surface area contributed by atoms with Gasteiger partial charge in [0.15, 0.2) is 5.96 Å². The molecule has 0 spiro atoms. The predicted octanol–water partition coefficient (Wildman–Crippen LogP) is -0.116. The fraction of sp³-hybridized carbons (Fsp3) is 0.778. The van der Waals surface area contributed by atoms with Crippen LogP contribution in [0.3, 0.4) is 0 Å². The zero-order valence-electron chi connectivity index (χ0n) is 16.2. The van der Waals surface area contributed by atoms with E-state index in [0.29, 0.717) is 5.96 Å². The number of amides is 4. The number of carbonyl (C=O) groups is 3. The molecule has 3 aliphatic rings. The van der Waals surface area contributed by atoms with Gasteiger partial charge in [0.05, 0.1) is 6.54 Å². The highest BCUT2D eigenvalue weighted by Crippen LogP contribution is 2.30. The van der Waals surface area contributed by atoms with Crippen LogP contribution in [0.15, 0.2) is 4.99 Å². The molecule has 3 heterocycles. The molecule has 1 unspecified atom stereocenters. The van der Waals surface area contributed by atoms with E-state index in [4.69, 9.17) is 0 Å². The number of hydrogen-bond acceptors (Lipinski definition) is 4. The molecule has 9 heteroatoms. The smallest absolute Gasteiger partial charge is 0.322 e. The van der Waals surface area contributed by atoms with Gasteiger partial charge in [-0.15, -0.1) is 0 Å². The van der Waals surface area contributed by atoms with Gasteiger partial charge in [-0.3, -0.25) is 19.9 Å². The number of rotatable bonds is 3. The van der Waals surface area contributed by atoms with E-state index >= 15 is 0 Å². The Hall–Kier alpha value is -2.32. The SMILES string of the molecule is CN=C(NCC(=O)N1CCCCC1)N1CCC(C2(C)NC(=O)NC2=O)CC1. The third-order valence-corrected chi connectivity index (χ3v) is 6.00. The van der Waals surface area contributed by atoms with Gasteiger partial charge in [-0.25, -0.2) is 4.79 Å². The van der Waals surface area contributed by atoms with Crippen molar-refractivity contribution in [1.82, 2.24) is 25.8 Å². The van der Waals surface area contributed by atoms with Gasteiger partial charge in [-0.05, 0) is 44.9 Å². The molecular weight excluding hydrogens is 348 g/mol. The average molecular weight is 378 g/mol. The molecule has 0 aromatic heterocycles. The fourth-order valence-electron chi connectivity index (χ4n) is 4.25. The third-order valence-electron chi connectivity index (χ3n) is 6.00. The molecule has 3 saturated heterocycles. The normalized spacial score (nSPS) is 27.4. The van der Waals surface area contributed by atoms with Crippen LogP contribution in [0, 0.1) is 5.92 Å². The van der Waals surface area contributed by atoms with E-state index in [2.05, 4.69) is 25.8 Å². The number of nitrogens with zero attached hydrogens (tertiary/aromatic N) is 3. The van der Waals surface area contributed by atoms with Crippen molar-refractivity contribution in [2.45, 2.75) is 44.6 Å². The lowest BCUT2D eigenvalue weighted by Crippen LogP contribution is -2.56. The Balaban J connectivity index is 1.49. The first-order valence-corrected chi connectivity index (χ1v) is 9.81. The molecule has 27 heavy (non-hydrogen) atoms. The number of aliphatic imine (C=N–C) groups is 1. The molecular formula is C18H30N6O3. The largest absolute Gasteiger partial charge is 0.347 e. The Morgan fingerprint density at radius 2 is 1.81 bits per heavy atom. The van der Waals surface area contributed by atoms with Crippen molar-refractivity contribution in [2.75, 3.05) is 39.8 Å². The summed E-state index contributed by atoms with van der Waals surface area (Å²) in [5.74, 6) is 0.654. The number of hydrogen-bond donors (Lipinski definition) is 3. The molecule has 0 radical (unpaired) electrons. The number of urea groups is 1. The van der Waals surface area contributed by atoms with Crippen LogP contribution in [0.2, 0.25) is 0 Å². The number of likely N-dealkylation sites (tertiary alicyclic amines) is 2. The summed E-state index contributed by atoms with van der Waals surface area (Å²) in [5.41, 5.74) is -0.843. The molecule has 3 N–H and O–H groups in total. The molecule has 0 aromatic carbocycles. The summed E-state index contributed by atoms with van der Waals surface area (Å²) in [7, 11) is 1.71. The monoisotopic (exact) mass is 378 g/mol. The molecule has 1 atom stereocenters. The lowest BCUT2D eigenvalue weighted by atomic mass is 9.79. The number of nitrogens with one attached hydrogen (secondary N) is 3. The minimum Gasteiger partial charge on any atom is -0.347 e. The topological polar surface area (TPSA) is 106 Å². The van der Waals surface area contributed by atoms with Gasteiger partial charge in [0.1, 0.15) is 5.54 Å². The van der Waals surface area contributed by atoms with E-state index < -0.39 is 11.6 Å². The maximum Gasteiger partial charge on any atom is 0.322 e. The van der Waals surface area contributed by atoms with Crippen molar-refractivity contribution in [3.63, 3.8) is 0 Å². The van der Waals surface area contributed by atoms with Crippen molar-refractivity contribution >= 4 is 23.8 Å². The number of piperidine rings is 2. The Labute approximate surface area is 159 Å². The molecule has 150 valence electrons. The van der Waals surface area contributed by atoms with E-state index in [1.165, 1.54) is 6.42 Å². The summed E-state index contributed by atoms with van der Waals surface area (Å²) in [6.07, 6.45) is 4.90. The van der Waals surface area contributed by atoms with Gasteiger partial charge in [0, 0.05) is 33.2 Å². The van der Waals surface area contributed by atoms with Crippen molar-refractivity contribution < 1.29 is 14.4 Å². The van der Waals surface area contributed by atoms with Gasteiger partial charge in [0.25, 0.3) is 5.91 Å². The van der Waals surface area contributed by atoms with Crippen LogP contribution in [-0.4, -0.2) is 78.9 Å². The van der Waals surface area contributed by atoms with E-state index in [1.54, 1.807) is 14.0 Å². The highest BCUT2D eigenvalue weighted by Gasteiger charge is 2.48. The van der Waals surface area contributed by atoms with Gasteiger partial charge in [-0.2, -0.15) is 0 Å². The van der Waals surface area contributed by atoms with E-state index in [0.717, 1.165) is 51.9 Å². The first-order chi connectivity index (χ1) is 12.9. The highest BCUT2D eigenvalue weighted by atomic mass is 16.2. The minimum absolute atomic E-state index is 0.0771. The summed E-state index contributed by atoms with van der Waals surface area (Å²) in [4.78, 5) is 44.3. The number of carbonyl (C=O) groups excluding carboxylic acids is 3. The number of guanidine groups is 1. The standard InChI is InChI=1S/C18H30N6O3/c1-18(15(26)21-17(27)22-18)13-6-10-24(11-7-13)16(19-2)20-12-14(25)23-8-4-3-5-9-23/h13H,3-12H2,1-2H3,(H,19,20)(H2,21,22,26,27). The molecule has 0 saturated carbocycles. The Morgan fingerprint density at radius 1 is 1.15 bits per heavy atom. The summed E-state index contributed by atoms with van der Waals surface area (Å²) in [5, 5.41) is 8.28. The molecule has 3 aliphatic heterocycles. The van der Waals surface area contributed by atoms with E-state index in [9.17, 15) is 14.4 Å². The zero-order valence-corrected chi connectivity index (χ0v) is 16.2. The lowest BCUT2D eigenvalue weighted by Gasteiger charge is -2.39. The van der Waals surface area contributed by atoms with Crippen LogP contribution in [0.4, 0.5) is 4.79 Å². The van der Waals surface area contributed by atoms with Crippen molar-refractivity contribution in [2.24, 2.45) is 10.9 Å². The van der Waals surface area contributed by atoms with Crippen LogP contribution in [0.5, 0.6) is 0 Å². The molecule has 0 aromatic rings. The molecule has 3 fully saturated rings. The molecule has 4 amide bonds. The van der Waals surface area contributed by atoms with Crippen molar-refractivity contribution in [3.8, 4) is 0 Å². The van der Waals surface area contributed by atoms with Crippen LogP contribution in [0.25, 0.3) is 0 Å². The Kier molecular flexibility index (Phi) is 5.86. The van der Waals surface area contributed by atoms with Crippen LogP contribution >= 0.6 is 0 Å². The predicted molar refractivity (Wildman–Crippen MR) is 101 cm³/mol. The van der Waals surface area contributed by atoms with Gasteiger partial charge < -0.3 is 20.4 Å². The van der Waals surface area contributed by atoms with E-state index in [-0.39, 0.29) is 24.3 Å². The van der Waals surface area contributed by atoms with Gasteiger partial charge in [0.2, 0.25) is 5.91 Å². The van der Waals surface area contributed by atoms with Gasteiger partial charge >= 0.3 is 6.03 Å². The lowest BCUT2D eigenvalue weighted by molar-refractivity contribution is -0.131. The molecule has 0 aliphatic carbocycles. The second-order valence-electron chi connectivity index (χ2n) is 7.71. The average Bonchev–Trinajstić information content (AvgIpc) is 2.96. The number of imide groups is 1. The highest BCUT2D eigenvalue weighted by molar-refractivity contribution is 6.07. The molecule has 9 nitrogen and oxygen atoms in total. The first kappa shape index (κ1) is 19.4. The van der Waals surface area contributed by atoms with Crippen LogP contribution in [0.1, 0.15) is 39.0 Å². The van der Waals surface area contributed by atoms with Crippen LogP contribution in [-0.2, 0) is 9.59 Å². The summed E-state index contributed by atoms with van der Waals surface area (Å²) < 4.78 is 0.